The lowest BCUT2D eigenvalue weighted by atomic mass is 11.1. The molecular formula is C2H3N7O2. The monoisotopic (exact) mass is 157 g/mol. The van der Waals surface area contributed by atoms with E-state index in [2.05, 4.69) is 36.2 Å². The second-order valence-corrected chi connectivity index (χ2v) is 1.67. The Morgan fingerprint density at radius 1 is 1.55 bits per heavy atom. The zero-order valence-electron chi connectivity index (χ0n) is 5.11. The second kappa shape index (κ2) is 2.14. The Morgan fingerprint density at radius 2 is 2.45 bits per heavy atom. The smallest absolute Gasteiger partial charge is 0.414 e. The van der Waals surface area contributed by atoms with Gasteiger partial charge in [-0.2, -0.15) is 5.21 Å². The Morgan fingerprint density at radius 3 is 3.00 bits per heavy atom. The van der Waals surface area contributed by atoms with E-state index in [4.69, 9.17) is 0 Å². The van der Waals surface area contributed by atoms with E-state index < -0.39 is 6.08 Å². The van der Waals surface area contributed by atoms with Gasteiger partial charge in [0.05, 0.1) is 0 Å². The molecule has 0 aliphatic carbocycles. The van der Waals surface area contributed by atoms with Gasteiger partial charge < -0.3 is 9.94 Å². The fourth-order valence-electron chi connectivity index (χ4n) is 0.587. The summed E-state index contributed by atoms with van der Waals surface area (Å²) in [4.78, 5) is 4.27. The van der Waals surface area contributed by atoms with Gasteiger partial charge in [0.2, 0.25) is 6.08 Å². The van der Waals surface area contributed by atoms with E-state index in [0.717, 1.165) is 0 Å². The van der Waals surface area contributed by atoms with Crippen LogP contribution >= 0.6 is 0 Å². The molecule has 0 saturated carbocycles. The van der Waals surface area contributed by atoms with Crippen molar-refractivity contribution >= 4 is 12.0 Å². The fourth-order valence-corrected chi connectivity index (χ4v) is 0.587. The lowest BCUT2D eigenvalue weighted by molar-refractivity contribution is -0.908. The largest absolute Gasteiger partial charge is 0.524 e. The van der Waals surface area contributed by atoms with Crippen LogP contribution in [0.4, 0.5) is 5.95 Å². The van der Waals surface area contributed by atoms with Crippen molar-refractivity contribution < 1.29 is 15.1 Å². The molecule has 0 bridgehead atoms. The maximum absolute atomic E-state index is 10.4. The number of aromatic amines is 1. The van der Waals surface area contributed by atoms with Gasteiger partial charge in [-0.25, -0.2) is 0 Å². The molecule has 0 fully saturated rings. The van der Waals surface area contributed by atoms with Crippen molar-refractivity contribution in [3.8, 4) is 0 Å². The summed E-state index contributed by atoms with van der Waals surface area (Å²) in [6.07, 6.45) is -0.718. The molecule has 0 radical (unpaired) electrons. The van der Waals surface area contributed by atoms with Crippen LogP contribution in [-0.4, -0.2) is 26.7 Å². The van der Waals surface area contributed by atoms with Crippen LogP contribution in [0.1, 0.15) is 0 Å². The van der Waals surface area contributed by atoms with Crippen molar-refractivity contribution in [1.82, 2.24) is 26.2 Å². The molecule has 9 nitrogen and oxygen atoms in total. The average molecular weight is 157 g/mol. The maximum Gasteiger partial charge on any atom is 0.414 e. The number of hydrogen-bond donors (Lipinski definition) is 3. The topological polar surface area (TPSA) is 116 Å². The van der Waals surface area contributed by atoms with Crippen LogP contribution in [-0.2, 0) is 4.84 Å². The predicted molar refractivity (Wildman–Crippen MR) is 26.5 cm³/mol. The first-order chi connectivity index (χ1) is 5.36. The number of hydrogen-bond acceptors (Lipinski definition) is 7. The van der Waals surface area contributed by atoms with Crippen LogP contribution < -0.4 is 15.8 Å². The van der Waals surface area contributed by atoms with Gasteiger partial charge >= 0.3 is 5.95 Å². The second-order valence-electron chi connectivity index (χ2n) is 1.67. The van der Waals surface area contributed by atoms with E-state index in [0.29, 0.717) is 0 Å². The molecule has 58 valence electrons. The van der Waals surface area contributed by atoms with Gasteiger partial charge in [-0.3, -0.25) is 0 Å². The first kappa shape index (κ1) is 6.00. The number of quaternary nitrogens is 1. The molecular weight excluding hydrogens is 154 g/mol. The summed E-state index contributed by atoms with van der Waals surface area (Å²) in [7, 11) is 0. The molecule has 1 atom stereocenters. The average Bonchev–Trinajstić information content (AvgIpc) is 2.55. The molecule has 1 aromatic rings. The van der Waals surface area contributed by atoms with Gasteiger partial charge in [0.1, 0.15) is 0 Å². The Kier molecular flexibility index (Phi) is 1.17. The summed E-state index contributed by atoms with van der Waals surface area (Å²) in [5.41, 5.74) is 2.22. The van der Waals surface area contributed by atoms with Gasteiger partial charge in [0.25, 0.3) is 0 Å². The third kappa shape index (κ3) is 0.971. The third-order valence-electron chi connectivity index (χ3n) is 0.995. The quantitative estimate of drug-likeness (QED) is 0.380. The number of tetrazole rings is 1. The van der Waals surface area contributed by atoms with Crippen LogP contribution in [0.5, 0.6) is 0 Å². The van der Waals surface area contributed by atoms with Crippen LogP contribution in [0.25, 0.3) is 0 Å². The summed E-state index contributed by atoms with van der Waals surface area (Å²) in [6, 6.07) is 0. The fraction of sp³-hybridized carbons (Fsp3) is 0. The normalized spacial score (nSPS) is 22.9. The van der Waals surface area contributed by atoms with Gasteiger partial charge in [0.15, 0.2) is 0 Å². The van der Waals surface area contributed by atoms with Crippen molar-refractivity contribution in [2.24, 2.45) is 5.10 Å². The highest BCUT2D eigenvalue weighted by atomic mass is 16.8. The highest BCUT2D eigenvalue weighted by Gasteiger charge is 2.20. The Bertz CT molecular complexity index is 266. The van der Waals surface area contributed by atoms with Crippen LogP contribution in [0.15, 0.2) is 5.10 Å². The van der Waals surface area contributed by atoms with E-state index in [1.165, 1.54) is 0 Å². The molecule has 9 heteroatoms. The van der Waals surface area contributed by atoms with E-state index in [-0.39, 0.29) is 11.1 Å². The maximum atomic E-state index is 10.4. The highest BCUT2D eigenvalue weighted by Crippen LogP contribution is 1.81. The summed E-state index contributed by atoms with van der Waals surface area (Å²) in [5, 5.41) is 26.5. The summed E-state index contributed by atoms with van der Waals surface area (Å²) in [5.74, 6) is 0.191. The standard InChI is InChI=1S/C2H3N7O2/c10-2-5-9(8-11-2)1-3-6-7-4-1/h8H,(H,5,10)(H,3,4,6,7). The molecule has 0 saturated heterocycles. The molecule has 3 N–H and O–H groups in total. The van der Waals surface area contributed by atoms with Gasteiger partial charge in [-0.15, -0.1) is 0 Å². The van der Waals surface area contributed by atoms with E-state index in [1.807, 2.05) is 0 Å². The molecule has 0 aromatic carbocycles. The van der Waals surface area contributed by atoms with Gasteiger partial charge in [-0.1, -0.05) is 15.8 Å². The third-order valence-corrected chi connectivity index (χ3v) is 0.995. The molecule has 1 aromatic heterocycles. The van der Waals surface area contributed by atoms with Crippen molar-refractivity contribution in [2.45, 2.75) is 0 Å². The summed E-state index contributed by atoms with van der Waals surface area (Å²) < 4.78 is 0. The molecule has 2 heterocycles. The number of nitrogens with zero attached hydrogens (tertiary/aromatic N) is 4. The molecule has 0 amide bonds. The minimum absolute atomic E-state index is 0.156. The van der Waals surface area contributed by atoms with Crippen LogP contribution in [0.3, 0.4) is 0 Å². The van der Waals surface area contributed by atoms with Crippen molar-refractivity contribution in [3.05, 3.63) is 0 Å². The number of aromatic nitrogens is 4. The van der Waals surface area contributed by atoms with Crippen molar-refractivity contribution in [1.29, 1.82) is 0 Å². The Hall–Kier alpha value is -1.74. The summed E-state index contributed by atoms with van der Waals surface area (Å²) in [6.45, 7) is 0. The van der Waals surface area contributed by atoms with E-state index in [1.54, 1.807) is 0 Å². The highest BCUT2D eigenvalue weighted by molar-refractivity contribution is 5.60. The minimum Gasteiger partial charge on any atom is -0.524 e. The minimum atomic E-state index is -0.718. The molecule has 1 aliphatic rings. The first-order valence-electron chi connectivity index (χ1n) is 2.65. The van der Waals surface area contributed by atoms with Crippen LogP contribution in [0.2, 0.25) is 0 Å². The molecule has 0 spiro atoms. The first-order valence-corrected chi connectivity index (χ1v) is 2.65. The van der Waals surface area contributed by atoms with Crippen molar-refractivity contribution in [3.63, 3.8) is 0 Å². The summed E-state index contributed by atoms with van der Waals surface area (Å²) >= 11 is 0. The number of H-pyrrole nitrogens is 1. The zero-order chi connectivity index (χ0) is 7.68. The lowest BCUT2D eigenvalue weighted by Crippen LogP contribution is -3.08. The SMILES string of the molecule is [O-]C1=N[NH+](c2nn[nH]n2)NO1. The van der Waals surface area contributed by atoms with Gasteiger partial charge in [-0.05, 0) is 15.4 Å². The number of rotatable bonds is 1. The van der Waals surface area contributed by atoms with Crippen molar-refractivity contribution in [2.75, 3.05) is 0 Å². The molecule has 1 unspecified atom stereocenters. The Labute approximate surface area is 59.6 Å². The zero-order valence-corrected chi connectivity index (χ0v) is 5.11. The molecule has 11 heavy (non-hydrogen) atoms. The van der Waals surface area contributed by atoms with Gasteiger partial charge in [0, 0.05) is 0 Å². The number of nitrogens with one attached hydrogen (secondary N) is 3. The van der Waals surface area contributed by atoms with E-state index in [9.17, 15) is 5.11 Å². The predicted octanol–water partition coefficient (Wildman–Crippen LogP) is -4.20. The van der Waals surface area contributed by atoms with Crippen LogP contribution in [0, 0.1) is 0 Å². The Balaban J connectivity index is 2.20. The lowest BCUT2D eigenvalue weighted by Gasteiger charge is -2.01. The molecule has 2 rings (SSSR count). The molecule has 1 aliphatic heterocycles. The van der Waals surface area contributed by atoms with E-state index >= 15 is 0 Å².